The van der Waals surface area contributed by atoms with Gasteiger partial charge in [0.05, 0.1) is 11.3 Å². The third kappa shape index (κ3) is 3.97. The minimum atomic E-state index is -0.0675. The van der Waals surface area contributed by atoms with Crippen LogP contribution in [0.5, 0.6) is 0 Å². The number of nitrogens with zero attached hydrogens (tertiary/aromatic N) is 4. The molecule has 0 aliphatic rings. The zero-order valence-corrected chi connectivity index (χ0v) is 15.0. The molecule has 0 fully saturated rings. The highest BCUT2D eigenvalue weighted by atomic mass is 16.5. The fourth-order valence-electron chi connectivity index (χ4n) is 2.71. The summed E-state index contributed by atoms with van der Waals surface area (Å²) in [6.07, 6.45) is 6.00. The van der Waals surface area contributed by atoms with Crippen molar-refractivity contribution in [2.75, 3.05) is 27.3 Å². The third-order valence-corrected chi connectivity index (χ3v) is 4.09. The summed E-state index contributed by atoms with van der Waals surface area (Å²) in [4.78, 5) is 18.8. The number of para-hydroxylation sites is 1. The van der Waals surface area contributed by atoms with E-state index in [1.165, 1.54) is 0 Å². The molecule has 0 aliphatic carbocycles. The average Bonchev–Trinajstić information content (AvgIpc) is 3.14. The molecule has 6 heteroatoms. The summed E-state index contributed by atoms with van der Waals surface area (Å²) in [6.45, 7) is 1.24. The minimum Gasteiger partial charge on any atom is -0.385 e. The van der Waals surface area contributed by atoms with Gasteiger partial charge in [0.1, 0.15) is 5.69 Å². The molecule has 0 saturated heterocycles. The summed E-state index contributed by atoms with van der Waals surface area (Å²) in [7, 11) is 3.46. The molecule has 1 amide bonds. The van der Waals surface area contributed by atoms with Crippen molar-refractivity contribution in [3.63, 3.8) is 0 Å². The second kappa shape index (κ2) is 8.40. The van der Waals surface area contributed by atoms with E-state index >= 15 is 0 Å². The lowest BCUT2D eigenvalue weighted by molar-refractivity contribution is 0.0780. The summed E-state index contributed by atoms with van der Waals surface area (Å²) in [5.41, 5.74) is 2.90. The molecule has 0 bridgehead atoms. The highest BCUT2D eigenvalue weighted by molar-refractivity contribution is 5.99. The van der Waals surface area contributed by atoms with Crippen LogP contribution < -0.4 is 0 Å². The first-order valence-electron chi connectivity index (χ1n) is 8.50. The molecule has 0 N–H and O–H groups in total. The Morgan fingerprint density at radius 2 is 2.00 bits per heavy atom. The van der Waals surface area contributed by atoms with Crippen LogP contribution in [-0.4, -0.2) is 52.9 Å². The number of carbonyl (C=O) groups is 1. The summed E-state index contributed by atoms with van der Waals surface area (Å²) in [5.74, 6) is -0.0675. The van der Waals surface area contributed by atoms with Crippen molar-refractivity contribution >= 4 is 5.91 Å². The molecular weight excluding hydrogens is 328 g/mol. The lowest BCUT2D eigenvalue weighted by Gasteiger charge is -2.16. The molecule has 3 rings (SSSR count). The van der Waals surface area contributed by atoms with E-state index in [0.717, 1.165) is 17.7 Å². The lowest BCUT2D eigenvalue weighted by atomic mass is 10.1. The highest BCUT2D eigenvalue weighted by Gasteiger charge is 2.21. The summed E-state index contributed by atoms with van der Waals surface area (Å²) in [6, 6.07) is 13.5. The standard InChI is InChI=1S/C20H22N4O2/c1-23(12-7-13-26-2)20(25)18-15-24(17-9-4-3-5-10-17)22-19(18)16-8-6-11-21-14-16/h3-6,8-11,14-15H,7,12-13H2,1-2H3. The number of hydrogen-bond donors (Lipinski definition) is 0. The molecule has 6 nitrogen and oxygen atoms in total. The number of rotatable bonds is 7. The number of ether oxygens (including phenoxy) is 1. The van der Waals surface area contributed by atoms with Crippen molar-refractivity contribution in [3.8, 4) is 16.9 Å². The van der Waals surface area contributed by atoms with Gasteiger partial charge in [-0.3, -0.25) is 9.78 Å². The van der Waals surface area contributed by atoms with Gasteiger partial charge in [-0.25, -0.2) is 4.68 Å². The van der Waals surface area contributed by atoms with E-state index in [-0.39, 0.29) is 5.91 Å². The quantitative estimate of drug-likeness (QED) is 0.615. The van der Waals surface area contributed by atoms with E-state index < -0.39 is 0 Å². The van der Waals surface area contributed by atoms with Crippen LogP contribution in [0, 0.1) is 0 Å². The second-order valence-corrected chi connectivity index (χ2v) is 5.99. The molecule has 0 aliphatic heterocycles. The molecule has 0 atom stereocenters. The van der Waals surface area contributed by atoms with E-state index in [1.54, 1.807) is 42.3 Å². The normalized spacial score (nSPS) is 10.7. The van der Waals surface area contributed by atoms with Gasteiger partial charge in [-0.1, -0.05) is 18.2 Å². The Hall–Kier alpha value is -2.99. The Labute approximate surface area is 153 Å². The first-order chi connectivity index (χ1) is 12.7. The van der Waals surface area contributed by atoms with Crippen LogP contribution in [0.2, 0.25) is 0 Å². The van der Waals surface area contributed by atoms with Gasteiger partial charge >= 0.3 is 0 Å². The number of methoxy groups -OCH3 is 1. The van der Waals surface area contributed by atoms with Crippen LogP contribution in [0.4, 0.5) is 0 Å². The maximum Gasteiger partial charge on any atom is 0.257 e. The van der Waals surface area contributed by atoms with Gasteiger partial charge in [0, 0.05) is 51.5 Å². The first-order valence-corrected chi connectivity index (χ1v) is 8.50. The number of aromatic nitrogens is 3. The largest absolute Gasteiger partial charge is 0.385 e. The predicted octanol–water partition coefficient (Wildman–Crippen LogP) is 3.04. The number of benzene rings is 1. The van der Waals surface area contributed by atoms with E-state index in [1.807, 2.05) is 42.5 Å². The zero-order valence-electron chi connectivity index (χ0n) is 15.0. The molecule has 26 heavy (non-hydrogen) atoms. The second-order valence-electron chi connectivity index (χ2n) is 5.99. The molecule has 2 heterocycles. The zero-order chi connectivity index (χ0) is 18.4. The van der Waals surface area contributed by atoms with Crippen LogP contribution >= 0.6 is 0 Å². The molecule has 3 aromatic rings. The topological polar surface area (TPSA) is 60.2 Å². The highest BCUT2D eigenvalue weighted by Crippen LogP contribution is 2.24. The molecule has 1 aromatic carbocycles. The summed E-state index contributed by atoms with van der Waals surface area (Å²) in [5, 5.41) is 4.66. The smallest absolute Gasteiger partial charge is 0.257 e. The van der Waals surface area contributed by atoms with Crippen LogP contribution in [-0.2, 0) is 4.74 Å². The van der Waals surface area contributed by atoms with Gasteiger partial charge in [-0.2, -0.15) is 5.10 Å². The van der Waals surface area contributed by atoms with Crippen LogP contribution in [0.3, 0.4) is 0 Å². The van der Waals surface area contributed by atoms with Gasteiger partial charge in [0.15, 0.2) is 0 Å². The van der Waals surface area contributed by atoms with Gasteiger partial charge < -0.3 is 9.64 Å². The van der Waals surface area contributed by atoms with Gasteiger partial charge in [-0.15, -0.1) is 0 Å². The van der Waals surface area contributed by atoms with Gasteiger partial charge in [0.2, 0.25) is 0 Å². The number of amides is 1. The molecule has 0 radical (unpaired) electrons. The van der Waals surface area contributed by atoms with Crippen LogP contribution in [0.25, 0.3) is 16.9 Å². The molecule has 0 spiro atoms. The monoisotopic (exact) mass is 350 g/mol. The molecule has 2 aromatic heterocycles. The fraction of sp³-hybridized carbons (Fsp3) is 0.250. The Kier molecular flexibility index (Phi) is 5.76. The first kappa shape index (κ1) is 17.8. The van der Waals surface area contributed by atoms with Crippen molar-refractivity contribution in [2.45, 2.75) is 6.42 Å². The maximum absolute atomic E-state index is 13.0. The summed E-state index contributed by atoms with van der Waals surface area (Å²) >= 11 is 0. The van der Waals surface area contributed by atoms with Crippen molar-refractivity contribution in [1.82, 2.24) is 19.7 Å². The average molecular weight is 350 g/mol. The van der Waals surface area contributed by atoms with Crippen molar-refractivity contribution in [2.24, 2.45) is 0 Å². The molecule has 134 valence electrons. The Balaban J connectivity index is 1.97. The van der Waals surface area contributed by atoms with E-state index in [9.17, 15) is 4.79 Å². The Bertz CT molecular complexity index is 847. The van der Waals surface area contributed by atoms with Crippen molar-refractivity contribution in [3.05, 3.63) is 66.6 Å². The fourth-order valence-corrected chi connectivity index (χ4v) is 2.71. The SMILES string of the molecule is COCCCN(C)C(=O)c1cn(-c2ccccc2)nc1-c1cccnc1. The number of carbonyl (C=O) groups excluding carboxylic acids is 1. The van der Waals surface area contributed by atoms with Crippen LogP contribution in [0.1, 0.15) is 16.8 Å². The van der Waals surface area contributed by atoms with Crippen LogP contribution in [0.15, 0.2) is 61.1 Å². The van der Waals surface area contributed by atoms with E-state index in [0.29, 0.717) is 24.4 Å². The van der Waals surface area contributed by atoms with Crippen molar-refractivity contribution in [1.29, 1.82) is 0 Å². The van der Waals surface area contributed by atoms with Gasteiger partial charge in [-0.05, 0) is 30.7 Å². The van der Waals surface area contributed by atoms with Gasteiger partial charge in [0.25, 0.3) is 5.91 Å². The minimum absolute atomic E-state index is 0.0675. The number of hydrogen-bond acceptors (Lipinski definition) is 4. The van der Waals surface area contributed by atoms with Crippen molar-refractivity contribution < 1.29 is 9.53 Å². The third-order valence-electron chi connectivity index (χ3n) is 4.09. The Morgan fingerprint density at radius 3 is 2.69 bits per heavy atom. The maximum atomic E-state index is 13.0. The molecular formula is C20H22N4O2. The predicted molar refractivity (Wildman–Crippen MR) is 100 cm³/mol. The summed E-state index contributed by atoms with van der Waals surface area (Å²) < 4.78 is 6.80. The lowest BCUT2D eigenvalue weighted by Crippen LogP contribution is -2.28. The Morgan fingerprint density at radius 1 is 1.19 bits per heavy atom. The van der Waals surface area contributed by atoms with E-state index in [2.05, 4.69) is 10.1 Å². The van der Waals surface area contributed by atoms with E-state index in [4.69, 9.17) is 4.74 Å². The molecule has 0 saturated carbocycles. The number of pyridine rings is 1. The molecule has 0 unspecified atom stereocenters.